The fraction of sp³-hybridized carbons (Fsp3) is 0.690. The number of hydrogen-bond acceptors (Lipinski definition) is 9. The van der Waals surface area contributed by atoms with Crippen molar-refractivity contribution in [2.75, 3.05) is 13.2 Å². The second-order valence-corrected chi connectivity index (χ2v) is 12.9. The van der Waals surface area contributed by atoms with Crippen LogP contribution in [0.2, 0.25) is 0 Å². The average molecular weight is 652 g/mol. The number of carbonyl (C=O) groups excluding carboxylic acids is 2. The quantitative estimate of drug-likeness (QED) is 0.365. The molecule has 3 N–H and O–H groups in total. The van der Waals surface area contributed by atoms with E-state index >= 15 is 0 Å². The summed E-state index contributed by atoms with van der Waals surface area (Å²) in [5, 5.41) is 19.5. The fourth-order valence-corrected chi connectivity index (χ4v) is 6.69. The first-order chi connectivity index (χ1) is 21.7. The van der Waals surface area contributed by atoms with E-state index in [0.717, 1.165) is 0 Å². The molecule has 3 aromatic rings. The van der Waals surface area contributed by atoms with Crippen LogP contribution >= 0.6 is 0 Å². The Morgan fingerprint density at radius 2 is 1.76 bits per heavy atom. The first kappa shape index (κ1) is 32.2. The van der Waals surface area contributed by atoms with Crippen LogP contribution in [0.3, 0.4) is 0 Å². The van der Waals surface area contributed by atoms with Crippen LogP contribution in [0, 0.1) is 5.92 Å². The fourth-order valence-electron chi connectivity index (χ4n) is 6.69. The van der Waals surface area contributed by atoms with Crippen molar-refractivity contribution in [3.8, 4) is 0 Å². The number of rotatable bonds is 7. The lowest BCUT2D eigenvalue weighted by atomic mass is 9.77. The Balaban J connectivity index is 1.34. The Bertz CT molecular complexity index is 1590. The zero-order chi connectivity index (χ0) is 33.0. The Labute approximate surface area is 261 Å². The summed E-state index contributed by atoms with van der Waals surface area (Å²) in [6.07, 6.45) is 0.890. The molecule has 17 heteroatoms. The van der Waals surface area contributed by atoms with Crippen molar-refractivity contribution in [3.05, 3.63) is 35.4 Å². The van der Waals surface area contributed by atoms with Crippen molar-refractivity contribution in [2.45, 2.75) is 107 Å². The molecule has 6 rings (SSSR count). The maximum atomic E-state index is 14.2. The third kappa shape index (κ3) is 6.43. The van der Waals surface area contributed by atoms with Gasteiger partial charge in [0, 0.05) is 31.8 Å². The molecule has 3 aromatic heterocycles. The molecule has 2 aliphatic heterocycles. The van der Waals surface area contributed by atoms with Gasteiger partial charge in [-0.05, 0) is 51.9 Å². The summed E-state index contributed by atoms with van der Waals surface area (Å²) in [6, 6.07) is -0.961. The molecule has 0 bridgehead atoms. The smallest absolute Gasteiger partial charge is 0.286 e. The molecule has 3 aliphatic rings. The number of primary amides is 1. The molecule has 250 valence electrons. The van der Waals surface area contributed by atoms with Gasteiger partial charge in [0.2, 0.25) is 11.7 Å². The average Bonchev–Trinajstić information content (AvgIpc) is 3.63. The minimum absolute atomic E-state index is 0.0512. The van der Waals surface area contributed by atoms with Gasteiger partial charge in [0.1, 0.15) is 12.7 Å². The first-order valence-electron chi connectivity index (χ1n) is 15.6. The number of likely N-dealkylation sites (tertiary alicyclic amines) is 1. The molecule has 0 spiro atoms. The number of carbonyl (C=O) groups is 2. The Hall–Kier alpha value is -3.73. The highest BCUT2D eigenvalue weighted by Gasteiger charge is 2.44. The van der Waals surface area contributed by atoms with Gasteiger partial charge in [0.25, 0.3) is 23.5 Å². The lowest BCUT2D eigenvalue weighted by molar-refractivity contribution is -0.174. The number of aliphatic hydroxyl groups is 1. The highest BCUT2D eigenvalue weighted by atomic mass is 19.3. The Morgan fingerprint density at radius 3 is 2.39 bits per heavy atom. The number of halogens is 4. The number of hydrogen-bond donors (Lipinski definition) is 2. The largest absolute Gasteiger partial charge is 0.393 e. The van der Waals surface area contributed by atoms with E-state index in [1.165, 1.54) is 20.3 Å². The van der Waals surface area contributed by atoms with Gasteiger partial charge in [0.15, 0.2) is 5.82 Å². The summed E-state index contributed by atoms with van der Waals surface area (Å²) >= 11 is 0. The third-order valence-corrected chi connectivity index (χ3v) is 9.16. The van der Waals surface area contributed by atoms with Crippen molar-refractivity contribution in [1.82, 2.24) is 39.2 Å². The highest BCUT2D eigenvalue weighted by molar-refractivity contribution is 5.89. The summed E-state index contributed by atoms with van der Waals surface area (Å²) in [4.78, 5) is 40.9. The van der Waals surface area contributed by atoms with Gasteiger partial charge in [-0.15, -0.1) is 0 Å². The van der Waals surface area contributed by atoms with Gasteiger partial charge in [-0.3, -0.25) is 9.59 Å². The molecule has 46 heavy (non-hydrogen) atoms. The third-order valence-electron chi connectivity index (χ3n) is 9.16. The molecule has 0 unspecified atom stereocenters. The number of imidazole rings is 1. The van der Waals surface area contributed by atoms with E-state index < -0.39 is 60.9 Å². The molecule has 1 aliphatic carbocycles. The molecule has 0 aromatic carbocycles. The molecule has 13 nitrogen and oxygen atoms in total. The van der Waals surface area contributed by atoms with Crippen molar-refractivity contribution in [1.29, 1.82) is 0 Å². The van der Waals surface area contributed by atoms with E-state index in [-0.39, 0.29) is 74.5 Å². The Morgan fingerprint density at radius 1 is 1.04 bits per heavy atom. The van der Waals surface area contributed by atoms with Crippen LogP contribution in [0.4, 0.5) is 17.6 Å². The number of piperidine rings is 1. The first-order valence-corrected chi connectivity index (χ1v) is 15.6. The highest BCUT2D eigenvalue weighted by Crippen LogP contribution is 2.44. The van der Waals surface area contributed by atoms with E-state index in [9.17, 15) is 32.3 Å². The SMILES string of the molecule is CC(C)n1nc([C@H](c2cn3ncc([C@@H]4C[C@@H](O)CCN4C(=O)[C@@H]4CCC(F)(F)CO4)nc3n2)C2CCC(F)(F)CC2)nc1C(N)=O. The van der Waals surface area contributed by atoms with E-state index in [1.807, 2.05) is 13.8 Å². The van der Waals surface area contributed by atoms with Crippen LogP contribution in [-0.2, 0) is 9.53 Å². The van der Waals surface area contributed by atoms with E-state index in [0.29, 0.717) is 17.8 Å². The lowest BCUT2D eigenvalue weighted by Gasteiger charge is -2.40. The van der Waals surface area contributed by atoms with E-state index in [4.69, 9.17) is 15.5 Å². The molecular formula is C29H37F4N9O4. The number of nitrogens with zero attached hydrogens (tertiary/aromatic N) is 8. The number of fused-ring (bicyclic) bond motifs is 1. The summed E-state index contributed by atoms with van der Waals surface area (Å²) in [6.45, 7) is 2.97. The predicted octanol–water partition coefficient (Wildman–Crippen LogP) is 3.19. The van der Waals surface area contributed by atoms with Gasteiger partial charge < -0.3 is 20.5 Å². The normalized spacial score (nSPS) is 26.0. The molecule has 5 heterocycles. The monoisotopic (exact) mass is 651 g/mol. The predicted molar refractivity (Wildman–Crippen MR) is 152 cm³/mol. The molecular weight excluding hydrogens is 614 g/mol. The minimum atomic E-state index is -2.98. The van der Waals surface area contributed by atoms with Crippen LogP contribution in [0.5, 0.6) is 0 Å². The van der Waals surface area contributed by atoms with Gasteiger partial charge in [0.05, 0.1) is 41.8 Å². The van der Waals surface area contributed by atoms with E-state index in [1.54, 1.807) is 6.20 Å². The number of ether oxygens (including phenoxy) is 1. The van der Waals surface area contributed by atoms with E-state index in [2.05, 4.69) is 20.2 Å². The number of amides is 2. The van der Waals surface area contributed by atoms with Crippen LogP contribution in [0.15, 0.2) is 12.4 Å². The van der Waals surface area contributed by atoms with Crippen molar-refractivity contribution in [2.24, 2.45) is 11.7 Å². The Kier molecular flexibility index (Phi) is 8.50. The van der Waals surface area contributed by atoms with Gasteiger partial charge in [-0.2, -0.15) is 10.2 Å². The minimum Gasteiger partial charge on any atom is -0.393 e. The molecule has 3 fully saturated rings. The summed E-state index contributed by atoms with van der Waals surface area (Å²) in [5.41, 5.74) is 6.33. The van der Waals surface area contributed by atoms with Crippen LogP contribution in [0.25, 0.3) is 5.78 Å². The lowest BCUT2D eigenvalue weighted by Crippen LogP contribution is -2.50. The zero-order valence-electron chi connectivity index (χ0n) is 25.5. The van der Waals surface area contributed by atoms with Crippen LogP contribution < -0.4 is 5.73 Å². The number of nitrogens with two attached hydrogens (primary N) is 1. The number of alkyl halides is 4. The van der Waals surface area contributed by atoms with Gasteiger partial charge in [-0.1, -0.05) is 0 Å². The molecule has 2 saturated heterocycles. The molecule has 4 atom stereocenters. The van der Waals surface area contributed by atoms with Crippen molar-refractivity contribution in [3.63, 3.8) is 0 Å². The summed E-state index contributed by atoms with van der Waals surface area (Å²) in [7, 11) is 0. The second kappa shape index (κ2) is 12.1. The number of aliphatic hydroxyl groups excluding tert-OH is 1. The summed E-state index contributed by atoms with van der Waals surface area (Å²) < 4.78 is 63.7. The number of aromatic nitrogens is 7. The van der Waals surface area contributed by atoms with Crippen molar-refractivity contribution < 1.29 is 37.0 Å². The molecule has 2 amide bonds. The standard InChI is InChI=1S/C29H37F4N9O4/c1-15(2)42-25(23(34)44)38-24(39-42)22(16-3-7-28(30,31)8-4-16)19-13-41-27(37-19)36-18(12-35-41)20-11-17(43)6-10-40(20)26(45)21-5-9-29(32,33)14-46-21/h12-13,15-17,20-22,43H,3-11,14H2,1-2H3,(H2,34,44)/t17-,20-,21-,22-/m0/s1. The van der Waals surface area contributed by atoms with Crippen molar-refractivity contribution >= 4 is 17.6 Å². The van der Waals surface area contributed by atoms with Gasteiger partial charge >= 0.3 is 0 Å². The van der Waals surface area contributed by atoms with Gasteiger partial charge in [-0.25, -0.2) is 41.7 Å². The summed E-state index contributed by atoms with van der Waals surface area (Å²) in [5.74, 6) is -7.65. The maximum absolute atomic E-state index is 14.2. The van der Waals surface area contributed by atoms with Crippen LogP contribution in [-0.4, -0.2) is 93.4 Å². The maximum Gasteiger partial charge on any atom is 0.286 e. The van der Waals surface area contributed by atoms with Crippen LogP contribution in [0.1, 0.15) is 111 Å². The molecule has 1 saturated carbocycles. The topological polar surface area (TPSA) is 167 Å². The second-order valence-electron chi connectivity index (χ2n) is 12.9. The zero-order valence-corrected chi connectivity index (χ0v) is 25.5. The molecule has 0 radical (unpaired) electrons.